The highest BCUT2D eigenvalue weighted by atomic mass is 19.4. The molecule has 3 rings (SSSR count). The van der Waals surface area contributed by atoms with Gasteiger partial charge in [-0.3, -0.25) is 0 Å². The first-order chi connectivity index (χ1) is 13.5. The van der Waals surface area contributed by atoms with Gasteiger partial charge in [-0.05, 0) is 55.4 Å². The lowest BCUT2D eigenvalue weighted by atomic mass is 9.74. The lowest BCUT2D eigenvalue weighted by Crippen LogP contribution is -2.54. The van der Waals surface area contributed by atoms with Gasteiger partial charge in [0.25, 0.3) is 0 Å². The van der Waals surface area contributed by atoms with E-state index < -0.39 is 17.8 Å². The van der Waals surface area contributed by atoms with Crippen molar-refractivity contribution in [1.82, 2.24) is 5.32 Å². The molecule has 1 aliphatic rings. The average Bonchev–Trinajstić information content (AvgIpc) is 2.67. The Bertz CT molecular complexity index is 820. The molecule has 1 saturated heterocycles. The highest BCUT2D eigenvalue weighted by Crippen LogP contribution is 2.39. The Morgan fingerprint density at radius 1 is 1.07 bits per heavy atom. The van der Waals surface area contributed by atoms with E-state index in [1.54, 1.807) is 13.0 Å². The van der Waals surface area contributed by atoms with Crippen molar-refractivity contribution in [1.29, 1.82) is 0 Å². The van der Waals surface area contributed by atoms with Crippen molar-refractivity contribution in [3.63, 3.8) is 0 Å². The number of rotatable bonds is 5. The molecule has 0 amide bonds. The van der Waals surface area contributed by atoms with Gasteiger partial charge in [-0.1, -0.05) is 55.8 Å². The molecule has 0 aliphatic carbocycles. The molecular weight excluding hydrogens is 375 g/mol. The highest BCUT2D eigenvalue weighted by Gasteiger charge is 2.40. The summed E-state index contributed by atoms with van der Waals surface area (Å²) in [5.41, 5.74) is 1.54. The zero-order valence-corrected chi connectivity index (χ0v) is 17.6. The van der Waals surface area contributed by atoms with Crippen molar-refractivity contribution in [3.8, 4) is 0 Å². The molecule has 1 heterocycles. The van der Waals surface area contributed by atoms with E-state index >= 15 is 0 Å². The summed E-state index contributed by atoms with van der Waals surface area (Å²) in [6, 6.07) is 14.3. The minimum Gasteiger partial charge on any atom is -0.372 e. The van der Waals surface area contributed by atoms with Gasteiger partial charge < -0.3 is 10.1 Å². The Morgan fingerprint density at radius 2 is 1.76 bits per heavy atom. The second kappa shape index (κ2) is 8.11. The summed E-state index contributed by atoms with van der Waals surface area (Å²) in [7, 11) is 0. The lowest BCUT2D eigenvalue weighted by Gasteiger charge is -2.45. The maximum absolute atomic E-state index is 13.2. The van der Waals surface area contributed by atoms with Crippen molar-refractivity contribution < 1.29 is 17.9 Å². The first-order valence-corrected chi connectivity index (χ1v) is 10.1. The van der Waals surface area contributed by atoms with E-state index in [-0.39, 0.29) is 11.0 Å². The number of hydrogen-bond donors (Lipinski definition) is 1. The van der Waals surface area contributed by atoms with Gasteiger partial charge in [0.15, 0.2) is 0 Å². The maximum atomic E-state index is 13.2. The molecule has 0 saturated carbocycles. The second-order valence-corrected chi connectivity index (χ2v) is 9.05. The normalized spacial score (nSPS) is 23.0. The van der Waals surface area contributed by atoms with Crippen molar-refractivity contribution in [2.75, 3.05) is 13.2 Å². The molecule has 0 aromatic heterocycles. The van der Waals surface area contributed by atoms with E-state index in [2.05, 4.69) is 31.3 Å². The molecule has 2 aromatic rings. The standard InChI is InChI=1S/C24H30F3NO/c1-17-12-19(14-21(13-17)24(25,26)27)18(2)29-16-23(20-8-6-5-7-9-20)11-10-22(3,4)15-28-23/h5-9,12-14,18,28H,10-11,15-16H2,1-4H3/t18-,23-/m1/s1. The summed E-state index contributed by atoms with van der Waals surface area (Å²) >= 11 is 0. The number of piperidine rings is 1. The predicted octanol–water partition coefficient (Wildman–Crippen LogP) is 6.40. The minimum absolute atomic E-state index is 0.210. The fraction of sp³-hybridized carbons (Fsp3) is 0.500. The molecule has 0 spiro atoms. The Hall–Kier alpha value is -1.85. The number of hydrogen-bond acceptors (Lipinski definition) is 2. The molecule has 0 bridgehead atoms. The Kier molecular flexibility index (Phi) is 6.11. The van der Waals surface area contributed by atoms with E-state index in [1.165, 1.54) is 12.1 Å². The van der Waals surface area contributed by atoms with E-state index in [1.807, 2.05) is 25.1 Å². The third-order valence-corrected chi connectivity index (χ3v) is 5.94. The van der Waals surface area contributed by atoms with Crippen LogP contribution in [0, 0.1) is 12.3 Å². The first-order valence-electron chi connectivity index (χ1n) is 10.1. The summed E-state index contributed by atoms with van der Waals surface area (Å²) in [6.45, 7) is 9.25. The number of benzene rings is 2. The fourth-order valence-corrected chi connectivity index (χ4v) is 3.92. The highest BCUT2D eigenvalue weighted by molar-refractivity contribution is 5.32. The molecule has 1 N–H and O–H groups in total. The molecule has 5 heteroatoms. The monoisotopic (exact) mass is 405 g/mol. The van der Waals surface area contributed by atoms with E-state index in [0.717, 1.165) is 24.9 Å². The van der Waals surface area contributed by atoms with Crippen molar-refractivity contribution >= 4 is 0 Å². The molecule has 2 atom stereocenters. The average molecular weight is 406 g/mol. The van der Waals surface area contributed by atoms with Gasteiger partial charge in [0.05, 0.1) is 23.8 Å². The van der Waals surface area contributed by atoms with Crippen molar-refractivity contribution in [2.45, 2.75) is 58.4 Å². The van der Waals surface area contributed by atoms with Crippen LogP contribution in [0.3, 0.4) is 0 Å². The van der Waals surface area contributed by atoms with Crippen LogP contribution >= 0.6 is 0 Å². The van der Waals surface area contributed by atoms with Crippen LogP contribution in [0.25, 0.3) is 0 Å². The van der Waals surface area contributed by atoms with Crippen LogP contribution in [0.15, 0.2) is 48.5 Å². The summed E-state index contributed by atoms with van der Waals surface area (Å²) in [6.07, 6.45) is -2.83. The van der Waals surface area contributed by atoms with Crippen LogP contribution in [0.1, 0.15) is 62.0 Å². The van der Waals surface area contributed by atoms with E-state index in [0.29, 0.717) is 17.7 Å². The Balaban J connectivity index is 1.81. The zero-order valence-electron chi connectivity index (χ0n) is 17.6. The number of alkyl halides is 3. The lowest BCUT2D eigenvalue weighted by molar-refractivity contribution is -0.137. The summed E-state index contributed by atoms with van der Waals surface area (Å²) in [5, 5.41) is 3.69. The molecule has 0 radical (unpaired) electrons. The molecule has 2 nitrogen and oxygen atoms in total. The first kappa shape index (κ1) is 21.8. The van der Waals surface area contributed by atoms with Crippen molar-refractivity contribution in [2.24, 2.45) is 5.41 Å². The van der Waals surface area contributed by atoms with Crippen LogP contribution in [0.4, 0.5) is 13.2 Å². The number of ether oxygens (including phenoxy) is 1. The summed E-state index contributed by atoms with van der Waals surface area (Å²) in [5.74, 6) is 0. The van der Waals surface area contributed by atoms with Crippen LogP contribution in [-0.2, 0) is 16.5 Å². The fourth-order valence-electron chi connectivity index (χ4n) is 3.92. The predicted molar refractivity (Wildman–Crippen MR) is 110 cm³/mol. The van der Waals surface area contributed by atoms with E-state index in [4.69, 9.17) is 4.74 Å². The Morgan fingerprint density at radius 3 is 2.34 bits per heavy atom. The molecule has 2 aromatic carbocycles. The zero-order chi connectivity index (χ0) is 21.3. The second-order valence-electron chi connectivity index (χ2n) is 9.05. The van der Waals surface area contributed by atoms with Crippen LogP contribution in [0.5, 0.6) is 0 Å². The largest absolute Gasteiger partial charge is 0.416 e. The van der Waals surface area contributed by atoms with Gasteiger partial charge in [-0.2, -0.15) is 13.2 Å². The molecular formula is C24H30F3NO. The summed E-state index contributed by atoms with van der Waals surface area (Å²) in [4.78, 5) is 0. The van der Waals surface area contributed by atoms with Gasteiger partial charge in [0.1, 0.15) is 0 Å². The molecule has 1 fully saturated rings. The number of halogens is 3. The van der Waals surface area contributed by atoms with Crippen molar-refractivity contribution in [3.05, 3.63) is 70.8 Å². The molecule has 1 aliphatic heterocycles. The minimum atomic E-state index is -4.36. The quantitative estimate of drug-likeness (QED) is 0.622. The number of nitrogens with one attached hydrogen (secondary N) is 1. The molecule has 0 unspecified atom stereocenters. The molecule has 158 valence electrons. The third-order valence-electron chi connectivity index (χ3n) is 5.94. The van der Waals surface area contributed by atoms with Gasteiger partial charge in [-0.15, -0.1) is 0 Å². The van der Waals surface area contributed by atoms with Gasteiger partial charge in [0, 0.05) is 6.54 Å². The SMILES string of the molecule is Cc1cc([C@@H](C)OC[C@@]2(c3ccccc3)CCC(C)(C)CN2)cc(C(F)(F)F)c1. The molecule has 29 heavy (non-hydrogen) atoms. The van der Waals surface area contributed by atoms with Crippen LogP contribution < -0.4 is 5.32 Å². The third kappa shape index (κ3) is 5.20. The van der Waals surface area contributed by atoms with Crippen LogP contribution in [-0.4, -0.2) is 13.2 Å². The smallest absolute Gasteiger partial charge is 0.372 e. The van der Waals surface area contributed by atoms with Crippen LogP contribution in [0.2, 0.25) is 0 Å². The topological polar surface area (TPSA) is 21.3 Å². The van der Waals surface area contributed by atoms with E-state index in [9.17, 15) is 13.2 Å². The van der Waals surface area contributed by atoms with Gasteiger partial charge in [0.2, 0.25) is 0 Å². The summed E-state index contributed by atoms with van der Waals surface area (Å²) < 4.78 is 45.8. The number of aryl methyl sites for hydroxylation is 1. The Labute approximate surface area is 171 Å². The van der Waals surface area contributed by atoms with Gasteiger partial charge in [-0.25, -0.2) is 0 Å². The van der Waals surface area contributed by atoms with Gasteiger partial charge >= 0.3 is 6.18 Å². The maximum Gasteiger partial charge on any atom is 0.416 e.